The summed E-state index contributed by atoms with van der Waals surface area (Å²) < 4.78 is 2.66. The van der Waals surface area contributed by atoms with E-state index >= 15 is 0 Å². The lowest BCUT2D eigenvalue weighted by Crippen LogP contribution is -2.07. The zero-order valence-electron chi connectivity index (χ0n) is 11.1. The molecule has 2 aromatic heterocycles. The molecule has 3 aromatic rings. The number of thiazole rings is 1. The minimum atomic E-state index is -0.235. The molecule has 0 saturated carbocycles. The molecule has 5 nitrogen and oxygen atoms in total. The summed E-state index contributed by atoms with van der Waals surface area (Å²) in [5.74, 6) is -0.235. The smallest absolute Gasteiger partial charge is 0.250 e. The fourth-order valence-corrected chi connectivity index (χ4v) is 2.83. The minimum Gasteiger partial charge on any atom is -0.298 e. The van der Waals surface area contributed by atoms with Crippen molar-refractivity contribution in [2.24, 2.45) is 7.05 Å². The highest BCUT2D eigenvalue weighted by Gasteiger charge is 2.06. The molecule has 7 heteroatoms. The largest absolute Gasteiger partial charge is 0.298 e. The predicted molar refractivity (Wildman–Crippen MR) is 85.5 cm³/mol. The van der Waals surface area contributed by atoms with E-state index in [2.05, 4.69) is 15.4 Å². The summed E-state index contributed by atoms with van der Waals surface area (Å²) >= 11 is 7.32. The summed E-state index contributed by atoms with van der Waals surface area (Å²) in [6.45, 7) is 0. The van der Waals surface area contributed by atoms with Crippen LogP contribution < -0.4 is 5.32 Å². The van der Waals surface area contributed by atoms with E-state index in [4.69, 9.17) is 11.6 Å². The average Bonchev–Trinajstić information content (AvgIpc) is 3.01. The van der Waals surface area contributed by atoms with E-state index in [0.29, 0.717) is 10.2 Å². The van der Waals surface area contributed by atoms with E-state index in [1.165, 1.54) is 17.4 Å². The van der Waals surface area contributed by atoms with Crippen LogP contribution in [0.2, 0.25) is 5.02 Å². The maximum Gasteiger partial charge on any atom is 0.250 e. The molecule has 3 rings (SSSR count). The Labute approximate surface area is 129 Å². The van der Waals surface area contributed by atoms with Crippen LogP contribution >= 0.6 is 22.9 Å². The fourth-order valence-electron chi connectivity index (χ4n) is 1.81. The molecule has 0 aliphatic heterocycles. The van der Waals surface area contributed by atoms with Crippen LogP contribution in [0.15, 0.2) is 36.5 Å². The van der Waals surface area contributed by atoms with Gasteiger partial charge in [0.25, 0.3) is 0 Å². The molecule has 0 saturated heterocycles. The Kier molecular flexibility index (Phi) is 3.72. The third-order valence-corrected chi connectivity index (χ3v) is 4.03. The number of nitrogens with zero attached hydrogens (tertiary/aromatic N) is 3. The van der Waals surface area contributed by atoms with Crippen LogP contribution in [-0.2, 0) is 11.8 Å². The predicted octanol–water partition coefficient (Wildman–Crippen LogP) is 3.34. The molecule has 21 heavy (non-hydrogen) atoms. The van der Waals surface area contributed by atoms with E-state index in [-0.39, 0.29) is 5.91 Å². The van der Waals surface area contributed by atoms with Crippen molar-refractivity contribution in [3.05, 3.63) is 47.3 Å². The molecular weight excluding hydrogens is 308 g/mol. The standard InChI is InChI=1S/C14H11ClN4OS/c1-19-10(6-7-16-19)3-5-13(20)18-14-17-11-8-9(15)2-4-12(11)21-14/h2-8H,1H3,(H,17,18,20)/b5-3+. The number of hydrogen-bond acceptors (Lipinski definition) is 4. The second kappa shape index (κ2) is 5.67. The Balaban J connectivity index is 1.74. The van der Waals surface area contributed by atoms with Crippen LogP contribution in [0.1, 0.15) is 5.69 Å². The summed E-state index contributed by atoms with van der Waals surface area (Å²) in [5, 5.41) is 7.94. The first-order valence-electron chi connectivity index (χ1n) is 6.15. The third-order valence-electron chi connectivity index (χ3n) is 2.84. The number of amides is 1. The number of benzene rings is 1. The van der Waals surface area contributed by atoms with E-state index < -0.39 is 0 Å². The van der Waals surface area contributed by atoms with Crippen molar-refractivity contribution in [3.8, 4) is 0 Å². The van der Waals surface area contributed by atoms with Gasteiger partial charge in [-0.05, 0) is 30.3 Å². The van der Waals surface area contributed by atoms with Gasteiger partial charge < -0.3 is 0 Å². The zero-order valence-corrected chi connectivity index (χ0v) is 12.6. The Morgan fingerprint density at radius 1 is 1.43 bits per heavy atom. The van der Waals surface area contributed by atoms with E-state index in [1.54, 1.807) is 29.1 Å². The van der Waals surface area contributed by atoms with E-state index in [9.17, 15) is 4.79 Å². The Morgan fingerprint density at radius 2 is 2.29 bits per heavy atom. The summed E-state index contributed by atoms with van der Waals surface area (Å²) in [5.41, 5.74) is 1.62. The van der Waals surface area contributed by atoms with Gasteiger partial charge in [0, 0.05) is 24.3 Å². The first-order chi connectivity index (χ1) is 10.1. The van der Waals surface area contributed by atoms with Gasteiger partial charge in [0.2, 0.25) is 5.91 Å². The number of aryl methyl sites for hydroxylation is 1. The summed E-state index contributed by atoms with van der Waals surface area (Å²) in [6, 6.07) is 7.28. The van der Waals surface area contributed by atoms with Crippen LogP contribution in [0.25, 0.3) is 16.3 Å². The zero-order chi connectivity index (χ0) is 14.8. The number of nitrogens with one attached hydrogen (secondary N) is 1. The highest BCUT2D eigenvalue weighted by atomic mass is 35.5. The first kappa shape index (κ1) is 13.8. The highest BCUT2D eigenvalue weighted by Crippen LogP contribution is 2.27. The molecule has 106 valence electrons. The minimum absolute atomic E-state index is 0.235. The molecule has 0 aliphatic carbocycles. The number of carbonyl (C=O) groups excluding carboxylic acids is 1. The van der Waals surface area contributed by atoms with Crippen molar-refractivity contribution in [3.63, 3.8) is 0 Å². The molecule has 0 bridgehead atoms. The maximum atomic E-state index is 11.9. The molecule has 0 atom stereocenters. The fraction of sp³-hybridized carbons (Fsp3) is 0.0714. The Bertz CT molecular complexity index is 836. The highest BCUT2D eigenvalue weighted by molar-refractivity contribution is 7.22. The Morgan fingerprint density at radius 3 is 3.05 bits per heavy atom. The molecule has 0 aliphatic rings. The topological polar surface area (TPSA) is 59.8 Å². The number of aromatic nitrogens is 3. The van der Waals surface area contributed by atoms with Gasteiger partial charge in [-0.1, -0.05) is 22.9 Å². The van der Waals surface area contributed by atoms with Gasteiger partial charge in [-0.2, -0.15) is 5.10 Å². The van der Waals surface area contributed by atoms with Crippen LogP contribution in [0, 0.1) is 0 Å². The van der Waals surface area contributed by atoms with Crippen LogP contribution in [-0.4, -0.2) is 20.7 Å². The van der Waals surface area contributed by atoms with Gasteiger partial charge in [0.15, 0.2) is 5.13 Å². The molecule has 1 amide bonds. The van der Waals surface area contributed by atoms with Gasteiger partial charge in [-0.3, -0.25) is 14.8 Å². The number of fused-ring (bicyclic) bond motifs is 1. The van der Waals surface area contributed by atoms with Crippen LogP contribution in [0.3, 0.4) is 0 Å². The van der Waals surface area contributed by atoms with Gasteiger partial charge in [0.05, 0.1) is 15.9 Å². The van der Waals surface area contributed by atoms with Gasteiger partial charge >= 0.3 is 0 Å². The molecule has 0 spiro atoms. The number of halogens is 1. The SMILES string of the molecule is Cn1nccc1/C=C/C(=O)Nc1nc2cc(Cl)ccc2s1. The average molecular weight is 319 g/mol. The molecule has 0 fully saturated rings. The lowest BCUT2D eigenvalue weighted by Gasteiger charge is -1.96. The van der Waals surface area contributed by atoms with E-state index in [1.807, 2.05) is 19.2 Å². The van der Waals surface area contributed by atoms with E-state index in [0.717, 1.165) is 15.9 Å². The molecule has 1 aromatic carbocycles. The second-order valence-corrected chi connectivity index (χ2v) is 5.80. The van der Waals surface area contributed by atoms with Gasteiger partial charge in [-0.15, -0.1) is 0 Å². The van der Waals surface area contributed by atoms with Crippen molar-refractivity contribution in [2.75, 3.05) is 5.32 Å². The molecule has 1 N–H and O–H groups in total. The lowest BCUT2D eigenvalue weighted by atomic mass is 10.3. The lowest BCUT2D eigenvalue weighted by molar-refractivity contribution is -0.111. The molecular formula is C14H11ClN4OS. The molecule has 0 radical (unpaired) electrons. The van der Waals surface area contributed by atoms with Gasteiger partial charge in [-0.25, -0.2) is 4.98 Å². The van der Waals surface area contributed by atoms with Crippen molar-refractivity contribution in [1.29, 1.82) is 0 Å². The summed E-state index contributed by atoms with van der Waals surface area (Å²) in [6.07, 6.45) is 4.83. The third kappa shape index (κ3) is 3.12. The number of hydrogen-bond donors (Lipinski definition) is 1. The maximum absolute atomic E-state index is 11.9. The van der Waals surface area contributed by atoms with Crippen LogP contribution in [0.4, 0.5) is 5.13 Å². The normalized spacial score (nSPS) is 11.3. The second-order valence-electron chi connectivity index (χ2n) is 4.33. The monoisotopic (exact) mass is 318 g/mol. The van der Waals surface area contributed by atoms with Crippen molar-refractivity contribution >= 4 is 50.3 Å². The van der Waals surface area contributed by atoms with Gasteiger partial charge in [0.1, 0.15) is 0 Å². The molecule has 0 unspecified atom stereocenters. The molecule has 2 heterocycles. The summed E-state index contributed by atoms with van der Waals surface area (Å²) in [4.78, 5) is 16.2. The first-order valence-corrected chi connectivity index (χ1v) is 7.34. The number of anilines is 1. The van der Waals surface area contributed by atoms with Crippen molar-refractivity contribution in [1.82, 2.24) is 14.8 Å². The quantitative estimate of drug-likeness (QED) is 0.753. The Hall–Kier alpha value is -2.18. The summed E-state index contributed by atoms with van der Waals surface area (Å²) in [7, 11) is 1.81. The van der Waals surface area contributed by atoms with Crippen molar-refractivity contribution in [2.45, 2.75) is 0 Å². The number of rotatable bonds is 3. The number of carbonyl (C=O) groups is 1. The van der Waals surface area contributed by atoms with Crippen molar-refractivity contribution < 1.29 is 4.79 Å². The van der Waals surface area contributed by atoms with Crippen LogP contribution in [0.5, 0.6) is 0 Å².